The fraction of sp³-hybridized carbons (Fsp3) is 0.515. The number of carbonyl (C=O) groups excluding carboxylic acids is 2. The fourth-order valence-corrected chi connectivity index (χ4v) is 7.06. The molecule has 1 saturated carbocycles. The number of nitrogens with one attached hydrogen (secondary N) is 2. The van der Waals surface area contributed by atoms with Gasteiger partial charge in [-0.3, -0.25) is 14.6 Å². The van der Waals surface area contributed by atoms with E-state index in [4.69, 9.17) is 28.2 Å². The van der Waals surface area contributed by atoms with Gasteiger partial charge in [-0.05, 0) is 84.7 Å². The van der Waals surface area contributed by atoms with E-state index in [2.05, 4.69) is 67.5 Å². The number of halogens is 2. The van der Waals surface area contributed by atoms with Gasteiger partial charge in [-0.1, -0.05) is 82.1 Å². The molecule has 0 radical (unpaired) electrons. The number of aromatic nitrogens is 4. The number of aromatic amines is 1. The van der Waals surface area contributed by atoms with Crippen LogP contribution in [0.15, 0.2) is 47.5 Å². The normalized spacial score (nSPS) is 21.5. The van der Waals surface area contributed by atoms with Gasteiger partial charge in [0.1, 0.15) is 11.4 Å². The Bertz CT molecular complexity index is 1510. The summed E-state index contributed by atoms with van der Waals surface area (Å²) in [7, 11) is 0. The second-order valence-electron chi connectivity index (χ2n) is 14.3. The highest BCUT2D eigenvalue weighted by Crippen LogP contribution is 2.51. The minimum absolute atomic E-state index is 0.0997. The minimum atomic E-state index is -0.681. The molecule has 2 heterocycles. The van der Waals surface area contributed by atoms with Crippen molar-refractivity contribution in [2.45, 2.75) is 91.9 Å². The van der Waals surface area contributed by atoms with Crippen molar-refractivity contribution < 1.29 is 9.59 Å². The first-order valence-electron chi connectivity index (χ1n) is 15.2. The van der Waals surface area contributed by atoms with E-state index in [1.54, 1.807) is 30.3 Å². The highest BCUT2D eigenvalue weighted by atomic mass is 35.5. The maximum absolute atomic E-state index is 14.6. The van der Waals surface area contributed by atoms with Crippen molar-refractivity contribution in [3.63, 3.8) is 0 Å². The molecule has 1 atom stereocenters. The largest absolute Gasteiger partial charge is 0.345 e. The third kappa shape index (κ3) is 6.99. The lowest BCUT2D eigenvalue weighted by atomic mass is 9.69. The first-order chi connectivity index (χ1) is 20.6. The van der Waals surface area contributed by atoms with E-state index in [9.17, 15) is 9.59 Å². The van der Waals surface area contributed by atoms with Crippen molar-refractivity contribution in [3.8, 4) is 0 Å². The zero-order valence-corrected chi connectivity index (χ0v) is 27.8. The number of tetrazole rings is 1. The first-order valence-corrected chi connectivity index (χ1v) is 15.9. The van der Waals surface area contributed by atoms with Crippen LogP contribution in [0.4, 0.5) is 0 Å². The average molecular weight is 639 g/mol. The van der Waals surface area contributed by atoms with E-state index >= 15 is 0 Å². The van der Waals surface area contributed by atoms with Crippen LogP contribution in [0.3, 0.4) is 0 Å². The lowest BCUT2D eigenvalue weighted by molar-refractivity contribution is -0.134. The predicted molar refractivity (Wildman–Crippen MR) is 173 cm³/mol. The quantitative estimate of drug-likeness (QED) is 0.285. The standard InChI is InChI=1S/C33H41Cl2N7O2/c1-31(2,3)18-26(20-7-9-21(10-8-20)29(43)36-19-27-38-40-41-39-27)42-30(44)28(22-15-24(34)17-25(35)16-22)37-33(42)13-11-23(12-14-33)32(4,5)6/h7-10,15-17,23,26H,11-14,18-19H2,1-6H3,(H,36,43)(H,38,39,40,41). The smallest absolute Gasteiger partial charge is 0.275 e. The molecule has 2 amide bonds. The van der Waals surface area contributed by atoms with Crippen molar-refractivity contribution >= 4 is 40.7 Å². The van der Waals surface area contributed by atoms with E-state index in [0.717, 1.165) is 31.2 Å². The van der Waals surface area contributed by atoms with Crippen LogP contribution in [0.1, 0.15) is 107 Å². The highest BCUT2D eigenvalue weighted by molar-refractivity contribution is 6.47. The molecule has 2 N–H and O–H groups in total. The van der Waals surface area contributed by atoms with Crippen LogP contribution in [0.5, 0.6) is 0 Å². The van der Waals surface area contributed by atoms with Crippen LogP contribution in [-0.2, 0) is 11.3 Å². The summed E-state index contributed by atoms with van der Waals surface area (Å²) in [5.74, 6) is 0.576. The summed E-state index contributed by atoms with van der Waals surface area (Å²) < 4.78 is 0. The van der Waals surface area contributed by atoms with E-state index in [0.29, 0.717) is 45.0 Å². The lowest BCUT2D eigenvalue weighted by Crippen LogP contribution is -2.52. The second kappa shape index (κ2) is 12.2. The summed E-state index contributed by atoms with van der Waals surface area (Å²) in [6.07, 6.45) is 4.21. The molecule has 0 saturated heterocycles. The Kier molecular flexibility index (Phi) is 8.93. The maximum Gasteiger partial charge on any atom is 0.275 e. The molecule has 1 unspecified atom stereocenters. The van der Waals surface area contributed by atoms with Crippen molar-refractivity contribution in [1.82, 2.24) is 30.8 Å². The summed E-state index contributed by atoms with van der Waals surface area (Å²) in [5.41, 5.74) is 1.89. The SMILES string of the molecule is CC(C)(C)CC(c1ccc(C(=O)NCc2nn[nH]n2)cc1)N1C(=O)C(c2cc(Cl)cc(Cl)c2)=NC12CCC(C(C)(C)C)CC2. The highest BCUT2D eigenvalue weighted by Gasteiger charge is 2.53. The Labute approximate surface area is 269 Å². The van der Waals surface area contributed by atoms with Crippen LogP contribution in [0.25, 0.3) is 0 Å². The third-order valence-corrected chi connectivity index (χ3v) is 9.24. The van der Waals surface area contributed by atoms with Gasteiger partial charge in [0.05, 0.1) is 12.6 Å². The first kappa shape index (κ1) is 32.1. The number of rotatable bonds is 7. The number of amides is 2. The molecule has 2 aromatic carbocycles. The lowest BCUT2D eigenvalue weighted by Gasteiger charge is -2.48. The van der Waals surface area contributed by atoms with Crippen LogP contribution in [0.2, 0.25) is 10.0 Å². The van der Waals surface area contributed by atoms with Gasteiger partial charge in [-0.2, -0.15) is 5.21 Å². The number of benzene rings is 2. The number of aliphatic imine (C=N–C) groups is 1. The number of carbonyl (C=O) groups is 2. The molecule has 5 rings (SSSR count). The molecule has 3 aromatic rings. The van der Waals surface area contributed by atoms with Crippen molar-refractivity contribution in [3.05, 3.63) is 75.0 Å². The number of hydrogen-bond donors (Lipinski definition) is 2. The Morgan fingerprint density at radius 1 is 1.05 bits per heavy atom. The van der Waals surface area contributed by atoms with Gasteiger partial charge in [0.25, 0.3) is 11.8 Å². The third-order valence-electron chi connectivity index (χ3n) is 8.81. The number of nitrogens with zero attached hydrogens (tertiary/aromatic N) is 5. The van der Waals surface area contributed by atoms with Gasteiger partial charge in [-0.15, -0.1) is 10.2 Å². The summed E-state index contributed by atoms with van der Waals surface area (Å²) in [4.78, 5) is 34.8. The van der Waals surface area contributed by atoms with Crippen molar-refractivity contribution in [2.75, 3.05) is 0 Å². The van der Waals surface area contributed by atoms with Crippen LogP contribution in [-0.4, -0.2) is 48.7 Å². The van der Waals surface area contributed by atoms with Gasteiger partial charge in [0.15, 0.2) is 5.82 Å². The topological polar surface area (TPSA) is 116 Å². The van der Waals surface area contributed by atoms with Gasteiger partial charge >= 0.3 is 0 Å². The van der Waals surface area contributed by atoms with E-state index in [1.807, 2.05) is 17.0 Å². The van der Waals surface area contributed by atoms with Gasteiger partial charge in [-0.25, -0.2) is 0 Å². The number of hydrogen-bond acceptors (Lipinski definition) is 6. The van der Waals surface area contributed by atoms with Crippen molar-refractivity contribution in [1.29, 1.82) is 0 Å². The van der Waals surface area contributed by atoms with E-state index in [-0.39, 0.29) is 35.2 Å². The Balaban J connectivity index is 1.51. The molecule has 0 bridgehead atoms. The Morgan fingerprint density at radius 3 is 2.23 bits per heavy atom. The Morgan fingerprint density at radius 2 is 1.68 bits per heavy atom. The van der Waals surface area contributed by atoms with Gasteiger partial charge in [0.2, 0.25) is 0 Å². The molecule has 1 spiro atoms. The van der Waals surface area contributed by atoms with Crippen LogP contribution in [0, 0.1) is 16.7 Å². The molecular weight excluding hydrogens is 597 g/mol. The minimum Gasteiger partial charge on any atom is -0.345 e. The van der Waals surface area contributed by atoms with E-state index in [1.165, 1.54) is 0 Å². The van der Waals surface area contributed by atoms with E-state index < -0.39 is 5.66 Å². The van der Waals surface area contributed by atoms with Crippen LogP contribution < -0.4 is 5.32 Å². The molecule has 1 aromatic heterocycles. The molecule has 1 fully saturated rings. The molecule has 1 aliphatic heterocycles. The maximum atomic E-state index is 14.6. The summed E-state index contributed by atoms with van der Waals surface area (Å²) >= 11 is 12.8. The molecule has 11 heteroatoms. The fourth-order valence-electron chi connectivity index (χ4n) is 6.54. The zero-order valence-electron chi connectivity index (χ0n) is 26.2. The molecular formula is C33H41Cl2N7O2. The summed E-state index contributed by atoms with van der Waals surface area (Å²) in [5, 5.41) is 17.4. The average Bonchev–Trinajstić information content (AvgIpc) is 3.56. The zero-order chi connectivity index (χ0) is 31.9. The second-order valence-corrected chi connectivity index (χ2v) is 15.2. The molecule has 2 aliphatic rings. The van der Waals surface area contributed by atoms with Gasteiger partial charge in [0, 0.05) is 21.2 Å². The number of H-pyrrole nitrogens is 1. The molecule has 1 aliphatic carbocycles. The Hall–Kier alpha value is -3.30. The molecule has 9 nitrogen and oxygen atoms in total. The monoisotopic (exact) mass is 637 g/mol. The van der Waals surface area contributed by atoms with Crippen molar-refractivity contribution in [2.24, 2.45) is 21.7 Å². The molecule has 44 heavy (non-hydrogen) atoms. The summed E-state index contributed by atoms with van der Waals surface area (Å²) in [6.45, 7) is 13.6. The summed E-state index contributed by atoms with van der Waals surface area (Å²) in [6, 6.07) is 12.5. The van der Waals surface area contributed by atoms with Gasteiger partial charge < -0.3 is 10.2 Å². The molecule has 234 valence electrons. The predicted octanol–water partition coefficient (Wildman–Crippen LogP) is 7.18. The van der Waals surface area contributed by atoms with Crippen LogP contribution >= 0.6 is 23.2 Å².